The van der Waals surface area contributed by atoms with Crippen LogP contribution in [0.5, 0.6) is 0 Å². The average molecular weight is 328 g/mol. The maximum absolute atomic E-state index is 4.69. The predicted molar refractivity (Wildman–Crippen MR) is 91.4 cm³/mol. The van der Waals surface area contributed by atoms with Crippen LogP contribution in [0, 0.1) is 0 Å². The third kappa shape index (κ3) is 3.51. The van der Waals surface area contributed by atoms with Crippen molar-refractivity contribution in [2.45, 2.75) is 43.5 Å². The number of hydrogen-bond acceptors (Lipinski definition) is 1. The van der Waals surface area contributed by atoms with E-state index < -0.39 is 13.3 Å². The molecule has 0 saturated heterocycles. The van der Waals surface area contributed by atoms with E-state index >= 15 is 0 Å². The molecule has 0 aliphatic heterocycles. The fourth-order valence-electron chi connectivity index (χ4n) is 2.15. The number of rotatable bonds is 2. The SMILES string of the molecule is CC(C)(C)c1cccc(-c2cc[c]([Ge]([CH3])([CH3])[CH3])cn2)c1. The molecule has 2 rings (SSSR count). The Morgan fingerprint density at radius 1 is 0.950 bits per heavy atom. The van der Waals surface area contributed by atoms with Crippen molar-refractivity contribution in [3.05, 3.63) is 48.2 Å². The van der Waals surface area contributed by atoms with E-state index in [1.54, 1.807) is 0 Å². The van der Waals surface area contributed by atoms with Crippen molar-refractivity contribution in [1.29, 1.82) is 0 Å². The molecule has 0 atom stereocenters. The van der Waals surface area contributed by atoms with Crippen LogP contribution >= 0.6 is 0 Å². The van der Waals surface area contributed by atoms with Crippen LogP contribution in [0.3, 0.4) is 0 Å². The van der Waals surface area contributed by atoms with Gasteiger partial charge in [0, 0.05) is 0 Å². The Hall–Kier alpha value is -1.09. The van der Waals surface area contributed by atoms with Crippen molar-refractivity contribution in [2.75, 3.05) is 0 Å². The summed E-state index contributed by atoms with van der Waals surface area (Å²) in [5.41, 5.74) is 3.82. The van der Waals surface area contributed by atoms with E-state index in [0.717, 1.165) is 5.69 Å². The molecule has 0 radical (unpaired) electrons. The zero-order valence-electron chi connectivity index (χ0n) is 13.5. The first-order valence-corrected chi connectivity index (χ1v) is 14.6. The van der Waals surface area contributed by atoms with Crippen molar-refractivity contribution >= 4 is 17.7 Å². The van der Waals surface area contributed by atoms with Gasteiger partial charge in [0.05, 0.1) is 0 Å². The molecule has 0 fully saturated rings. The van der Waals surface area contributed by atoms with Gasteiger partial charge in [-0.2, -0.15) is 0 Å². The fourth-order valence-corrected chi connectivity index (χ4v) is 4.33. The van der Waals surface area contributed by atoms with Crippen molar-refractivity contribution in [2.24, 2.45) is 0 Å². The molecule has 0 saturated carbocycles. The molecule has 1 nitrogen and oxygen atoms in total. The third-order valence-electron chi connectivity index (χ3n) is 3.65. The molecule has 0 N–H and O–H groups in total. The second-order valence-corrected chi connectivity index (χ2v) is 18.2. The number of nitrogens with zero attached hydrogens (tertiary/aromatic N) is 1. The topological polar surface area (TPSA) is 12.9 Å². The standard InChI is InChI=1S/C18H25GeN/c1-18(2,3)15-9-7-8-14(12-15)17-11-10-16(13-20-17)19(4,5)6/h7-13H,1-6H3. The third-order valence-corrected chi connectivity index (χ3v) is 7.91. The van der Waals surface area contributed by atoms with Crippen molar-refractivity contribution < 1.29 is 0 Å². The van der Waals surface area contributed by atoms with E-state index in [4.69, 9.17) is 0 Å². The monoisotopic (exact) mass is 329 g/mol. The number of aromatic nitrogens is 1. The Balaban J connectivity index is 2.38. The molecular formula is C18H25GeN. The Morgan fingerprint density at radius 2 is 1.65 bits per heavy atom. The summed E-state index contributed by atoms with van der Waals surface area (Å²) in [4.78, 5) is 4.69. The van der Waals surface area contributed by atoms with Gasteiger partial charge in [0.25, 0.3) is 0 Å². The Kier molecular flexibility index (Phi) is 4.10. The summed E-state index contributed by atoms with van der Waals surface area (Å²) in [5.74, 6) is 7.20. The molecule has 0 bridgehead atoms. The summed E-state index contributed by atoms with van der Waals surface area (Å²) in [6, 6.07) is 13.2. The predicted octanol–water partition coefficient (Wildman–Crippen LogP) is 4.59. The van der Waals surface area contributed by atoms with Gasteiger partial charge < -0.3 is 0 Å². The van der Waals surface area contributed by atoms with Crippen LogP contribution in [0.15, 0.2) is 42.6 Å². The van der Waals surface area contributed by atoms with E-state index in [2.05, 4.69) is 85.6 Å². The second-order valence-electron chi connectivity index (χ2n) is 7.51. The van der Waals surface area contributed by atoms with Gasteiger partial charge in [-0.1, -0.05) is 0 Å². The summed E-state index contributed by atoms with van der Waals surface area (Å²) < 4.78 is 1.46. The minimum atomic E-state index is -1.75. The van der Waals surface area contributed by atoms with Crippen molar-refractivity contribution in [3.8, 4) is 11.3 Å². The fraction of sp³-hybridized carbons (Fsp3) is 0.389. The van der Waals surface area contributed by atoms with Crippen molar-refractivity contribution in [3.63, 3.8) is 0 Å². The van der Waals surface area contributed by atoms with Gasteiger partial charge in [0.1, 0.15) is 0 Å². The Bertz CT molecular complexity index is 586. The molecule has 1 heterocycles. The van der Waals surface area contributed by atoms with Crippen LogP contribution in [0.4, 0.5) is 0 Å². The van der Waals surface area contributed by atoms with E-state index in [1.165, 1.54) is 15.5 Å². The molecule has 20 heavy (non-hydrogen) atoms. The molecule has 106 valence electrons. The van der Waals surface area contributed by atoms with Gasteiger partial charge >= 0.3 is 126 Å². The first-order chi connectivity index (χ1) is 9.18. The molecular weight excluding hydrogens is 303 g/mol. The minimum absolute atomic E-state index is 0.177. The summed E-state index contributed by atoms with van der Waals surface area (Å²) in [5, 5.41) is 0. The molecule has 0 amide bonds. The maximum atomic E-state index is 4.69. The second kappa shape index (κ2) is 5.36. The van der Waals surface area contributed by atoms with Crippen LogP contribution in [0.2, 0.25) is 17.3 Å². The molecule has 1 aromatic heterocycles. The number of pyridine rings is 1. The molecule has 0 aliphatic rings. The first-order valence-electron chi connectivity index (χ1n) is 7.25. The van der Waals surface area contributed by atoms with Gasteiger partial charge in [0.2, 0.25) is 0 Å². The zero-order chi connectivity index (χ0) is 15.0. The zero-order valence-corrected chi connectivity index (χ0v) is 15.6. The van der Waals surface area contributed by atoms with Crippen LogP contribution in [-0.4, -0.2) is 18.3 Å². The van der Waals surface area contributed by atoms with Gasteiger partial charge in [-0.25, -0.2) is 0 Å². The van der Waals surface area contributed by atoms with Crippen LogP contribution in [0.25, 0.3) is 11.3 Å². The van der Waals surface area contributed by atoms with E-state index in [1.807, 2.05) is 0 Å². The van der Waals surface area contributed by atoms with Gasteiger partial charge in [-0.3, -0.25) is 0 Å². The number of hydrogen-bond donors (Lipinski definition) is 0. The summed E-state index contributed by atoms with van der Waals surface area (Å²) in [7, 11) is 0. The number of benzene rings is 1. The van der Waals surface area contributed by atoms with E-state index in [-0.39, 0.29) is 5.41 Å². The summed E-state index contributed by atoms with van der Waals surface area (Å²) in [6.07, 6.45) is 2.08. The van der Waals surface area contributed by atoms with Crippen LogP contribution < -0.4 is 4.40 Å². The quantitative estimate of drug-likeness (QED) is 0.735. The van der Waals surface area contributed by atoms with Gasteiger partial charge in [-0.15, -0.1) is 0 Å². The molecule has 2 aromatic rings. The van der Waals surface area contributed by atoms with Crippen LogP contribution in [-0.2, 0) is 5.41 Å². The molecule has 2 heteroatoms. The molecule has 1 aromatic carbocycles. The van der Waals surface area contributed by atoms with Gasteiger partial charge in [-0.05, 0) is 0 Å². The Labute approximate surface area is 125 Å². The van der Waals surface area contributed by atoms with Crippen LogP contribution in [0.1, 0.15) is 26.3 Å². The first kappa shape index (κ1) is 15.3. The molecule has 0 unspecified atom stereocenters. The molecule has 0 aliphatic carbocycles. The molecule has 0 spiro atoms. The Morgan fingerprint density at radius 3 is 2.15 bits per heavy atom. The average Bonchev–Trinajstić information content (AvgIpc) is 2.37. The van der Waals surface area contributed by atoms with E-state index in [0.29, 0.717) is 0 Å². The normalized spacial score (nSPS) is 12.5. The van der Waals surface area contributed by atoms with E-state index in [9.17, 15) is 0 Å². The van der Waals surface area contributed by atoms with Gasteiger partial charge in [0.15, 0.2) is 0 Å². The summed E-state index contributed by atoms with van der Waals surface area (Å²) in [6.45, 7) is 6.74. The summed E-state index contributed by atoms with van der Waals surface area (Å²) >= 11 is -1.75. The van der Waals surface area contributed by atoms with Crippen molar-refractivity contribution in [1.82, 2.24) is 4.98 Å².